The van der Waals surface area contributed by atoms with Gasteiger partial charge in [0.05, 0.1) is 6.20 Å². The smallest absolute Gasteiger partial charge is 0.256 e. The summed E-state index contributed by atoms with van der Waals surface area (Å²) in [6.45, 7) is 2.15. The first-order chi connectivity index (χ1) is 16.1. The van der Waals surface area contributed by atoms with Gasteiger partial charge in [0.1, 0.15) is 11.4 Å². The average molecular weight is 441 g/mol. The fraction of sp³-hybridized carbons (Fsp3) is 0.385. The Morgan fingerprint density at radius 2 is 1.76 bits per heavy atom. The number of hydrogen-bond donors (Lipinski definition) is 0. The fourth-order valence-electron chi connectivity index (χ4n) is 5.07. The standard InChI is InChI=1S/C26H24N4O3/c31-24(19-5-6-19)29-13-16(14-29)15-30-23(28-26(9-10-26)25(30)32)18-3-1-17(2-4-18)20-7-8-22-21(11-20)12-27-33-22/h1-4,7-8,11-12,16,19H,5-6,9-10,13-15H2. The number of carbonyl (C=O) groups excluding carboxylic acids is 2. The molecule has 7 heteroatoms. The quantitative estimate of drug-likeness (QED) is 0.609. The van der Waals surface area contributed by atoms with Gasteiger partial charge in [-0.25, -0.2) is 0 Å². The number of nitrogens with zero attached hydrogens (tertiary/aromatic N) is 4. The van der Waals surface area contributed by atoms with E-state index < -0.39 is 5.54 Å². The maximum Gasteiger partial charge on any atom is 0.256 e. The number of aromatic nitrogens is 1. The van der Waals surface area contributed by atoms with Gasteiger partial charge in [0, 0.05) is 42.4 Å². The number of amides is 2. The normalized spacial score (nSPS) is 21.6. The highest BCUT2D eigenvalue weighted by molar-refractivity contribution is 6.16. The van der Waals surface area contributed by atoms with Crippen LogP contribution in [-0.2, 0) is 9.59 Å². The van der Waals surface area contributed by atoms with E-state index in [1.165, 1.54) is 0 Å². The Balaban J connectivity index is 1.11. The third-order valence-electron chi connectivity index (χ3n) is 7.41. The van der Waals surface area contributed by atoms with E-state index in [2.05, 4.69) is 35.5 Å². The van der Waals surface area contributed by atoms with Crippen LogP contribution < -0.4 is 0 Å². The Morgan fingerprint density at radius 1 is 1.03 bits per heavy atom. The lowest BCUT2D eigenvalue weighted by atomic mass is 9.97. The van der Waals surface area contributed by atoms with E-state index in [1.54, 1.807) is 6.20 Å². The second kappa shape index (κ2) is 6.76. The van der Waals surface area contributed by atoms with Crippen LogP contribution in [0, 0.1) is 11.8 Å². The summed E-state index contributed by atoms with van der Waals surface area (Å²) in [6, 6.07) is 14.3. The van der Waals surface area contributed by atoms with Crippen LogP contribution in [0.2, 0.25) is 0 Å². The summed E-state index contributed by atoms with van der Waals surface area (Å²) in [5.41, 5.74) is 3.39. The first-order valence-corrected chi connectivity index (χ1v) is 11.8. The average Bonchev–Trinajstić information content (AvgIpc) is 3.72. The van der Waals surface area contributed by atoms with Gasteiger partial charge in [-0.2, -0.15) is 0 Å². The molecule has 2 aliphatic heterocycles. The molecule has 0 bridgehead atoms. The summed E-state index contributed by atoms with van der Waals surface area (Å²) < 4.78 is 5.20. The third-order valence-corrected chi connectivity index (χ3v) is 7.41. The van der Waals surface area contributed by atoms with Crippen molar-refractivity contribution in [3.8, 4) is 11.1 Å². The molecule has 7 rings (SSSR count). The van der Waals surface area contributed by atoms with Crippen LogP contribution >= 0.6 is 0 Å². The second-order valence-electron chi connectivity index (χ2n) is 9.92. The van der Waals surface area contributed by atoms with Crippen molar-refractivity contribution in [1.29, 1.82) is 0 Å². The van der Waals surface area contributed by atoms with Crippen LogP contribution in [0.1, 0.15) is 31.2 Å². The van der Waals surface area contributed by atoms with Gasteiger partial charge in [-0.15, -0.1) is 0 Å². The van der Waals surface area contributed by atoms with Crippen molar-refractivity contribution in [2.45, 2.75) is 31.2 Å². The highest BCUT2D eigenvalue weighted by atomic mass is 16.5. The number of aliphatic imine (C=N–C) groups is 1. The van der Waals surface area contributed by atoms with E-state index in [1.807, 2.05) is 21.9 Å². The minimum absolute atomic E-state index is 0.131. The molecule has 4 aliphatic rings. The van der Waals surface area contributed by atoms with Crippen LogP contribution in [0.25, 0.3) is 22.1 Å². The molecule has 0 atom stereocenters. The molecule has 3 fully saturated rings. The van der Waals surface area contributed by atoms with Crippen molar-refractivity contribution in [2.24, 2.45) is 16.8 Å². The minimum atomic E-state index is -0.527. The molecule has 33 heavy (non-hydrogen) atoms. The number of rotatable bonds is 5. The molecule has 0 radical (unpaired) electrons. The number of likely N-dealkylation sites (tertiary alicyclic amines) is 1. The van der Waals surface area contributed by atoms with Crippen LogP contribution in [0.15, 0.2) is 58.2 Å². The minimum Gasteiger partial charge on any atom is -0.356 e. The number of fused-ring (bicyclic) bond motifs is 1. The van der Waals surface area contributed by atoms with Crippen molar-refractivity contribution >= 4 is 28.6 Å². The maximum atomic E-state index is 13.2. The van der Waals surface area contributed by atoms with Crippen molar-refractivity contribution in [1.82, 2.24) is 15.0 Å². The van der Waals surface area contributed by atoms with Crippen LogP contribution in [-0.4, -0.2) is 57.8 Å². The van der Waals surface area contributed by atoms with Gasteiger partial charge in [-0.05, 0) is 48.9 Å². The number of carbonyl (C=O) groups is 2. The maximum absolute atomic E-state index is 13.2. The third kappa shape index (κ3) is 3.09. The van der Waals surface area contributed by atoms with Gasteiger partial charge >= 0.3 is 0 Å². The molecule has 1 spiro atoms. The van der Waals surface area contributed by atoms with Crippen molar-refractivity contribution < 1.29 is 14.1 Å². The Bertz CT molecular complexity index is 1310. The summed E-state index contributed by atoms with van der Waals surface area (Å²) in [5, 5.41) is 4.82. The molecule has 1 aromatic heterocycles. The number of amidine groups is 1. The Kier molecular flexibility index (Phi) is 3.90. The summed E-state index contributed by atoms with van der Waals surface area (Å²) in [7, 11) is 0. The molecule has 3 heterocycles. The van der Waals surface area contributed by atoms with E-state index in [9.17, 15) is 9.59 Å². The Hall–Kier alpha value is -3.48. The van der Waals surface area contributed by atoms with Gasteiger partial charge in [-0.3, -0.25) is 19.5 Å². The summed E-state index contributed by atoms with van der Waals surface area (Å²) in [5.74, 6) is 1.80. The predicted molar refractivity (Wildman–Crippen MR) is 122 cm³/mol. The lowest BCUT2D eigenvalue weighted by Crippen LogP contribution is -2.55. The molecule has 1 saturated heterocycles. The van der Waals surface area contributed by atoms with E-state index in [-0.39, 0.29) is 11.8 Å². The van der Waals surface area contributed by atoms with E-state index in [0.29, 0.717) is 18.4 Å². The molecule has 3 aromatic rings. The zero-order chi connectivity index (χ0) is 22.2. The number of hydrogen-bond acceptors (Lipinski definition) is 5. The fourth-order valence-corrected chi connectivity index (χ4v) is 5.07. The Morgan fingerprint density at radius 3 is 2.48 bits per heavy atom. The first-order valence-electron chi connectivity index (χ1n) is 11.8. The molecule has 2 aromatic carbocycles. The summed E-state index contributed by atoms with van der Waals surface area (Å²) >= 11 is 0. The highest BCUT2D eigenvalue weighted by Gasteiger charge is 2.57. The van der Waals surface area contributed by atoms with Crippen molar-refractivity contribution in [3.63, 3.8) is 0 Å². The van der Waals surface area contributed by atoms with E-state index in [4.69, 9.17) is 9.52 Å². The second-order valence-corrected chi connectivity index (χ2v) is 9.92. The molecule has 0 unspecified atom stereocenters. The highest BCUT2D eigenvalue weighted by Crippen LogP contribution is 2.46. The molecular formula is C26H24N4O3. The SMILES string of the molecule is O=C(C1CC1)N1CC(CN2C(=O)C3(CC3)N=C2c2ccc(-c3ccc4oncc4c3)cc2)C1. The molecule has 2 saturated carbocycles. The number of benzene rings is 2. The monoisotopic (exact) mass is 440 g/mol. The molecule has 7 nitrogen and oxygen atoms in total. The molecule has 0 N–H and O–H groups in total. The van der Waals surface area contributed by atoms with Crippen LogP contribution in [0.5, 0.6) is 0 Å². The van der Waals surface area contributed by atoms with Gasteiger partial charge in [-0.1, -0.05) is 35.5 Å². The van der Waals surface area contributed by atoms with Crippen LogP contribution in [0.3, 0.4) is 0 Å². The lowest BCUT2D eigenvalue weighted by molar-refractivity contribution is -0.139. The van der Waals surface area contributed by atoms with Gasteiger partial charge in [0.15, 0.2) is 5.58 Å². The summed E-state index contributed by atoms with van der Waals surface area (Å²) in [4.78, 5) is 34.2. The lowest BCUT2D eigenvalue weighted by Gasteiger charge is -2.41. The predicted octanol–water partition coefficient (Wildman–Crippen LogP) is 3.48. The topological polar surface area (TPSA) is 79.0 Å². The molecule has 2 amide bonds. The molecule has 166 valence electrons. The largest absolute Gasteiger partial charge is 0.356 e. The Labute approximate surface area is 191 Å². The van der Waals surface area contributed by atoms with E-state index in [0.717, 1.165) is 72.3 Å². The van der Waals surface area contributed by atoms with Gasteiger partial charge in [0.25, 0.3) is 5.91 Å². The van der Waals surface area contributed by atoms with Crippen LogP contribution in [0.4, 0.5) is 0 Å². The molecule has 2 aliphatic carbocycles. The van der Waals surface area contributed by atoms with Gasteiger partial charge < -0.3 is 9.42 Å². The first kappa shape index (κ1) is 19.0. The van der Waals surface area contributed by atoms with Crippen molar-refractivity contribution in [2.75, 3.05) is 19.6 Å². The molecular weight excluding hydrogens is 416 g/mol. The summed E-state index contributed by atoms with van der Waals surface area (Å²) in [6.07, 6.45) is 5.46. The van der Waals surface area contributed by atoms with Crippen molar-refractivity contribution in [3.05, 3.63) is 54.2 Å². The zero-order valence-corrected chi connectivity index (χ0v) is 18.2. The van der Waals surface area contributed by atoms with E-state index >= 15 is 0 Å². The zero-order valence-electron chi connectivity index (χ0n) is 18.2. The van der Waals surface area contributed by atoms with Gasteiger partial charge in [0.2, 0.25) is 5.91 Å².